The van der Waals surface area contributed by atoms with Gasteiger partial charge in [-0.15, -0.1) is 0 Å². The molecule has 0 amide bonds. The number of benzene rings is 1. The molecule has 2 atom stereocenters. The van der Waals surface area contributed by atoms with Gasteiger partial charge in [0.15, 0.2) is 0 Å². The van der Waals surface area contributed by atoms with Crippen molar-refractivity contribution in [3.63, 3.8) is 0 Å². The predicted octanol–water partition coefficient (Wildman–Crippen LogP) is 2.43. The summed E-state index contributed by atoms with van der Waals surface area (Å²) in [4.78, 5) is 0. The van der Waals surface area contributed by atoms with Gasteiger partial charge in [0.05, 0.1) is 13.2 Å². The first kappa shape index (κ1) is 13.0. The van der Waals surface area contributed by atoms with Gasteiger partial charge >= 0.3 is 0 Å². The molecule has 0 heterocycles. The number of hydrogen-bond acceptors (Lipinski definition) is 3. The molecule has 0 aliphatic rings. The molecule has 3 nitrogen and oxygen atoms in total. The van der Waals surface area contributed by atoms with Crippen molar-refractivity contribution in [1.29, 1.82) is 0 Å². The molecule has 0 aromatic heterocycles. The Morgan fingerprint density at radius 3 is 2.50 bits per heavy atom. The standard InChI is InChI=1S/C13H21NO2/c1-9-7-11(16-4)5-6-12(9)13(14)8-10(2)15-3/h5-7,10,13H,8,14H2,1-4H3. The van der Waals surface area contributed by atoms with E-state index in [-0.39, 0.29) is 12.1 Å². The van der Waals surface area contributed by atoms with Crippen LogP contribution in [0.25, 0.3) is 0 Å². The van der Waals surface area contributed by atoms with Crippen LogP contribution in [0.4, 0.5) is 0 Å². The summed E-state index contributed by atoms with van der Waals surface area (Å²) < 4.78 is 10.4. The van der Waals surface area contributed by atoms with Gasteiger partial charge in [0.25, 0.3) is 0 Å². The van der Waals surface area contributed by atoms with E-state index in [1.165, 1.54) is 0 Å². The fraction of sp³-hybridized carbons (Fsp3) is 0.538. The molecule has 0 fully saturated rings. The first-order valence-electron chi connectivity index (χ1n) is 5.51. The average Bonchev–Trinajstić information content (AvgIpc) is 2.28. The highest BCUT2D eigenvalue weighted by Crippen LogP contribution is 2.24. The SMILES string of the molecule is COc1ccc(C(N)CC(C)OC)c(C)c1. The van der Waals surface area contributed by atoms with Gasteiger partial charge in [0.2, 0.25) is 0 Å². The lowest BCUT2D eigenvalue weighted by Crippen LogP contribution is -2.19. The van der Waals surface area contributed by atoms with Gasteiger partial charge in [-0.3, -0.25) is 0 Å². The second-order valence-electron chi connectivity index (χ2n) is 4.11. The topological polar surface area (TPSA) is 44.5 Å². The van der Waals surface area contributed by atoms with Crippen molar-refractivity contribution in [2.75, 3.05) is 14.2 Å². The lowest BCUT2D eigenvalue weighted by atomic mass is 9.97. The van der Waals surface area contributed by atoms with Gasteiger partial charge in [-0.1, -0.05) is 6.07 Å². The molecule has 1 aromatic rings. The molecule has 2 unspecified atom stereocenters. The van der Waals surface area contributed by atoms with E-state index < -0.39 is 0 Å². The lowest BCUT2D eigenvalue weighted by molar-refractivity contribution is 0.104. The van der Waals surface area contributed by atoms with Gasteiger partial charge in [0.1, 0.15) is 5.75 Å². The summed E-state index contributed by atoms with van der Waals surface area (Å²) in [6, 6.07) is 5.99. The van der Waals surface area contributed by atoms with Gasteiger partial charge in [-0.05, 0) is 43.5 Å². The molecular weight excluding hydrogens is 202 g/mol. The quantitative estimate of drug-likeness (QED) is 0.833. The van der Waals surface area contributed by atoms with E-state index >= 15 is 0 Å². The maximum Gasteiger partial charge on any atom is 0.119 e. The third kappa shape index (κ3) is 3.22. The monoisotopic (exact) mass is 223 g/mol. The number of hydrogen-bond donors (Lipinski definition) is 1. The third-order valence-electron chi connectivity index (χ3n) is 2.86. The van der Waals surface area contributed by atoms with Crippen LogP contribution in [0.15, 0.2) is 18.2 Å². The number of methoxy groups -OCH3 is 2. The van der Waals surface area contributed by atoms with E-state index in [0.717, 1.165) is 23.3 Å². The van der Waals surface area contributed by atoms with Gasteiger partial charge in [0, 0.05) is 13.2 Å². The first-order chi connectivity index (χ1) is 7.58. The highest BCUT2D eigenvalue weighted by Gasteiger charge is 2.13. The molecule has 1 rings (SSSR count). The van der Waals surface area contributed by atoms with Crippen LogP contribution in [0.5, 0.6) is 5.75 Å². The van der Waals surface area contributed by atoms with Crippen molar-refractivity contribution in [3.05, 3.63) is 29.3 Å². The van der Waals surface area contributed by atoms with Gasteiger partial charge in [-0.2, -0.15) is 0 Å². The Balaban J connectivity index is 2.79. The summed E-state index contributed by atoms with van der Waals surface area (Å²) in [6.07, 6.45) is 1.00. The molecule has 90 valence electrons. The zero-order valence-electron chi connectivity index (χ0n) is 10.5. The van der Waals surface area contributed by atoms with E-state index in [9.17, 15) is 0 Å². The Hall–Kier alpha value is -1.06. The molecule has 2 N–H and O–H groups in total. The molecule has 0 aliphatic heterocycles. The second-order valence-corrected chi connectivity index (χ2v) is 4.11. The number of nitrogens with two attached hydrogens (primary N) is 1. The number of aryl methyl sites for hydroxylation is 1. The summed E-state index contributed by atoms with van der Waals surface area (Å²) >= 11 is 0. The Bertz CT molecular complexity index is 339. The molecule has 0 saturated carbocycles. The number of ether oxygens (including phenoxy) is 2. The zero-order chi connectivity index (χ0) is 12.1. The van der Waals surface area contributed by atoms with Crippen LogP contribution in [0.3, 0.4) is 0 Å². The molecular formula is C13H21NO2. The van der Waals surface area contributed by atoms with Crippen LogP contribution in [0.2, 0.25) is 0 Å². The van der Waals surface area contributed by atoms with Gasteiger partial charge in [-0.25, -0.2) is 0 Å². The van der Waals surface area contributed by atoms with Crippen LogP contribution in [-0.4, -0.2) is 20.3 Å². The molecule has 0 saturated heterocycles. The minimum absolute atomic E-state index is 0.0147. The largest absolute Gasteiger partial charge is 0.497 e. The summed E-state index contributed by atoms with van der Waals surface area (Å²) in [6.45, 7) is 4.08. The van der Waals surface area contributed by atoms with Crippen LogP contribution in [0, 0.1) is 6.92 Å². The van der Waals surface area contributed by atoms with Crippen molar-refractivity contribution >= 4 is 0 Å². The van der Waals surface area contributed by atoms with E-state index in [2.05, 4.69) is 6.92 Å². The Morgan fingerprint density at radius 1 is 1.31 bits per heavy atom. The molecule has 1 aromatic carbocycles. The average molecular weight is 223 g/mol. The van der Waals surface area contributed by atoms with Crippen molar-refractivity contribution < 1.29 is 9.47 Å². The Labute approximate surface area is 97.6 Å². The van der Waals surface area contributed by atoms with Crippen LogP contribution in [0.1, 0.15) is 30.5 Å². The first-order valence-corrected chi connectivity index (χ1v) is 5.51. The van der Waals surface area contributed by atoms with E-state index in [1.807, 2.05) is 25.1 Å². The van der Waals surface area contributed by atoms with Crippen molar-refractivity contribution in [1.82, 2.24) is 0 Å². The summed E-state index contributed by atoms with van der Waals surface area (Å²) in [5.41, 5.74) is 8.46. The van der Waals surface area contributed by atoms with Crippen molar-refractivity contribution in [3.8, 4) is 5.75 Å². The zero-order valence-corrected chi connectivity index (χ0v) is 10.5. The summed E-state index contributed by atoms with van der Waals surface area (Å²) in [5.74, 6) is 0.869. The molecule has 16 heavy (non-hydrogen) atoms. The van der Waals surface area contributed by atoms with Crippen molar-refractivity contribution in [2.24, 2.45) is 5.73 Å². The maximum atomic E-state index is 6.14. The fourth-order valence-corrected chi connectivity index (χ4v) is 1.77. The van der Waals surface area contributed by atoms with Crippen LogP contribution in [-0.2, 0) is 4.74 Å². The third-order valence-corrected chi connectivity index (χ3v) is 2.86. The smallest absolute Gasteiger partial charge is 0.119 e. The highest BCUT2D eigenvalue weighted by atomic mass is 16.5. The van der Waals surface area contributed by atoms with Crippen molar-refractivity contribution in [2.45, 2.75) is 32.4 Å². The minimum Gasteiger partial charge on any atom is -0.497 e. The summed E-state index contributed by atoms with van der Waals surface area (Å²) in [7, 11) is 3.37. The molecule has 0 bridgehead atoms. The Morgan fingerprint density at radius 2 is 2.00 bits per heavy atom. The molecule has 0 radical (unpaired) electrons. The fourth-order valence-electron chi connectivity index (χ4n) is 1.77. The summed E-state index contributed by atoms with van der Waals surface area (Å²) in [5, 5.41) is 0. The molecule has 3 heteroatoms. The molecule has 0 aliphatic carbocycles. The van der Waals surface area contributed by atoms with Crippen LogP contribution >= 0.6 is 0 Å². The molecule has 0 spiro atoms. The van der Waals surface area contributed by atoms with E-state index in [0.29, 0.717) is 0 Å². The maximum absolute atomic E-state index is 6.14. The van der Waals surface area contributed by atoms with E-state index in [1.54, 1.807) is 14.2 Å². The van der Waals surface area contributed by atoms with Gasteiger partial charge < -0.3 is 15.2 Å². The van der Waals surface area contributed by atoms with Crippen LogP contribution < -0.4 is 10.5 Å². The minimum atomic E-state index is 0.0147. The normalized spacial score (nSPS) is 14.6. The Kier molecular flexibility index (Phi) is 4.77. The second kappa shape index (κ2) is 5.87. The number of rotatable bonds is 5. The highest BCUT2D eigenvalue weighted by molar-refractivity contribution is 5.36. The van der Waals surface area contributed by atoms with E-state index in [4.69, 9.17) is 15.2 Å². The predicted molar refractivity (Wildman–Crippen MR) is 65.7 cm³/mol. The lowest BCUT2D eigenvalue weighted by Gasteiger charge is -2.18.